The molecule has 3 rings (SSSR count). The Morgan fingerprint density at radius 2 is 1.63 bits per heavy atom. The van der Waals surface area contributed by atoms with Crippen molar-refractivity contribution in [2.75, 3.05) is 13.1 Å². The first-order valence-electron chi connectivity index (χ1n) is 8.60. The number of benzene rings is 2. The third-order valence-electron chi connectivity index (χ3n) is 4.63. The molecule has 1 aliphatic heterocycles. The largest absolute Gasteiger partial charge is 0.460 e. The number of carbonyl (C=O) groups excluding carboxylic acids is 2. The van der Waals surface area contributed by atoms with Crippen LogP contribution in [0.1, 0.15) is 28.8 Å². The van der Waals surface area contributed by atoms with E-state index in [1.165, 1.54) is 24.3 Å². The monoisotopic (exact) mass is 409 g/mol. The number of ether oxygens (including phenoxy) is 1. The van der Waals surface area contributed by atoms with Gasteiger partial charge in [-0.2, -0.15) is 0 Å². The smallest absolute Gasteiger partial charge is 0.309 e. The van der Waals surface area contributed by atoms with E-state index in [4.69, 9.17) is 27.9 Å². The molecular weight excluding hydrogens is 392 g/mol. The molecule has 142 valence electrons. The fraction of sp³-hybridized carbons (Fsp3) is 0.300. The highest BCUT2D eigenvalue weighted by Gasteiger charge is 2.29. The zero-order valence-corrected chi connectivity index (χ0v) is 16.0. The van der Waals surface area contributed by atoms with Crippen molar-refractivity contribution in [2.45, 2.75) is 19.4 Å². The molecule has 2 aromatic carbocycles. The molecule has 1 heterocycles. The predicted octanol–water partition coefficient (Wildman–Crippen LogP) is 4.73. The lowest BCUT2D eigenvalue weighted by atomic mass is 9.96. The van der Waals surface area contributed by atoms with E-state index >= 15 is 0 Å². The van der Waals surface area contributed by atoms with Crippen molar-refractivity contribution in [1.29, 1.82) is 0 Å². The standard InChI is InChI=1S/C20H18Cl2FNO3/c21-17-2-1-3-18(22)16(17)12-27-20(26)14-8-10-24(11-9-14)19(25)13-4-6-15(23)7-5-13/h1-7,14H,8-12H2. The number of hydrogen-bond donors (Lipinski definition) is 0. The van der Waals surface area contributed by atoms with E-state index in [-0.39, 0.29) is 30.2 Å². The summed E-state index contributed by atoms with van der Waals surface area (Å²) in [7, 11) is 0. The maximum atomic E-state index is 13.0. The van der Waals surface area contributed by atoms with Crippen LogP contribution in [0, 0.1) is 11.7 Å². The lowest BCUT2D eigenvalue weighted by molar-refractivity contribution is -0.151. The van der Waals surface area contributed by atoms with Gasteiger partial charge in [-0.25, -0.2) is 4.39 Å². The molecule has 27 heavy (non-hydrogen) atoms. The van der Waals surface area contributed by atoms with E-state index in [1.807, 2.05) is 0 Å². The third-order valence-corrected chi connectivity index (χ3v) is 5.34. The Bertz CT molecular complexity index is 813. The summed E-state index contributed by atoms with van der Waals surface area (Å²) in [5, 5.41) is 0.907. The van der Waals surface area contributed by atoms with Crippen molar-refractivity contribution >= 4 is 35.1 Å². The van der Waals surface area contributed by atoms with Gasteiger partial charge >= 0.3 is 5.97 Å². The van der Waals surface area contributed by atoms with Crippen LogP contribution in [0.5, 0.6) is 0 Å². The van der Waals surface area contributed by atoms with E-state index in [0.29, 0.717) is 47.1 Å². The fourth-order valence-electron chi connectivity index (χ4n) is 3.02. The van der Waals surface area contributed by atoms with Gasteiger partial charge in [0.15, 0.2) is 0 Å². The number of halogens is 3. The summed E-state index contributed by atoms with van der Waals surface area (Å²) >= 11 is 12.2. The number of carbonyl (C=O) groups is 2. The first-order chi connectivity index (χ1) is 13.0. The van der Waals surface area contributed by atoms with Gasteiger partial charge in [-0.1, -0.05) is 29.3 Å². The first-order valence-corrected chi connectivity index (χ1v) is 9.35. The van der Waals surface area contributed by atoms with Gasteiger partial charge in [0.1, 0.15) is 12.4 Å². The maximum Gasteiger partial charge on any atom is 0.309 e. The van der Waals surface area contributed by atoms with Gasteiger partial charge in [-0.3, -0.25) is 9.59 Å². The van der Waals surface area contributed by atoms with E-state index < -0.39 is 0 Å². The van der Waals surface area contributed by atoms with Crippen LogP contribution < -0.4 is 0 Å². The number of likely N-dealkylation sites (tertiary alicyclic amines) is 1. The Morgan fingerprint density at radius 1 is 1.04 bits per heavy atom. The summed E-state index contributed by atoms with van der Waals surface area (Å²) in [6, 6.07) is 10.6. The molecule has 0 aromatic heterocycles. The highest BCUT2D eigenvalue weighted by Crippen LogP contribution is 2.26. The van der Waals surface area contributed by atoms with Crippen molar-refractivity contribution < 1.29 is 18.7 Å². The number of rotatable bonds is 4. The molecule has 1 saturated heterocycles. The summed E-state index contributed by atoms with van der Waals surface area (Å²) in [6.07, 6.45) is 1.03. The average Bonchev–Trinajstić information content (AvgIpc) is 2.67. The van der Waals surface area contributed by atoms with Crippen molar-refractivity contribution in [3.05, 3.63) is 69.5 Å². The lowest BCUT2D eigenvalue weighted by Gasteiger charge is -2.31. The van der Waals surface area contributed by atoms with Crippen molar-refractivity contribution in [3.8, 4) is 0 Å². The minimum Gasteiger partial charge on any atom is -0.460 e. The number of hydrogen-bond acceptors (Lipinski definition) is 3. The van der Waals surface area contributed by atoms with Gasteiger partial charge in [-0.05, 0) is 49.2 Å². The quantitative estimate of drug-likeness (QED) is 0.685. The van der Waals surface area contributed by atoms with Crippen LogP contribution >= 0.6 is 23.2 Å². The van der Waals surface area contributed by atoms with E-state index in [2.05, 4.69) is 0 Å². The number of esters is 1. The van der Waals surface area contributed by atoms with Crippen LogP contribution in [0.4, 0.5) is 4.39 Å². The van der Waals surface area contributed by atoms with E-state index in [9.17, 15) is 14.0 Å². The summed E-state index contributed by atoms with van der Waals surface area (Å²) < 4.78 is 18.4. The highest BCUT2D eigenvalue weighted by atomic mass is 35.5. The summed E-state index contributed by atoms with van der Waals surface area (Å²) in [5.74, 6) is -1.14. The van der Waals surface area contributed by atoms with Crippen LogP contribution in [-0.4, -0.2) is 29.9 Å². The number of nitrogens with zero attached hydrogens (tertiary/aromatic N) is 1. The molecule has 0 aliphatic carbocycles. The van der Waals surface area contributed by atoms with Crippen molar-refractivity contribution in [1.82, 2.24) is 4.90 Å². The second kappa shape index (κ2) is 8.72. The molecule has 1 fully saturated rings. The third kappa shape index (κ3) is 4.79. The molecule has 4 nitrogen and oxygen atoms in total. The van der Waals surface area contributed by atoms with Crippen LogP contribution in [0.3, 0.4) is 0 Å². The molecule has 1 amide bonds. The molecule has 7 heteroatoms. The van der Waals surface area contributed by atoms with Crippen LogP contribution in [0.2, 0.25) is 10.0 Å². The normalized spacial score (nSPS) is 14.9. The van der Waals surface area contributed by atoms with Crippen LogP contribution in [0.15, 0.2) is 42.5 Å². The molecule has 0 saturated carbocycles. The van der Waals surface area contributed by atoms with Gasteiger partial charge in [0.05, 0.1) is 5.92 Å². The Hall–Kier alpha value is -2.11. The predicted molar refractivity (Wildman–Crippen MR) is 101 cm³/mol. The highest BCUT2D eigenvalue weighted by molar-refractivity contribution is 6.35. The van der Waals surface area contributed by atoms with Gasteiger partial charge in [0, 0.05) is 34.3 Å². The Morgan fingerprint density at radius 3 is 2.22 bits per heavy atom. The Kier molecular flexibility index (Phi) is 6.34. The van der Waals surface area contributed by atoms with E-state index in [0.717, 1.165) is 0 Å². The summed E-state index contributed by atoms with van der Waals surface area (Å²) in [4.78, 5) is 26.4. The second-order valence-corrected chi connectivity index (χ2v) is 7.20. The zero-order valence-electron chi connectivity index (χ0n) is 14.5. The minimum atomic E-state index is -0.383. The fourth-order valence-corrected chi connectivity index (χ4v) is 3.53. The molecule has 0 atom stereocenters. The van der Waals surface area contributed by atoms with Gasteiger partial charge in [0.25, 0.3) is 5.91 Å². The SMILES string of the molecule is O=C(OCc1c(Cl)cccc1Cl)C1CCN(C(=O)c2ccc(F)cc2)CC1. The van der Waals surface area contributed by atoms with Gasteiger partial charge in [0.2, 0.25) is 0 Å². The second-order valence-electron chi connectivity index (χ2n) is 6.38. The number of amides is 1. The molecule has 1 aliphatic rings. The Labute approximate surface area is 166 Å². The van der Waals surface area contributed by atoms with Crippen LogP contribution in [0.25, 0.3) is 0 Å². The molecule has 2 aromatic rings. The van der Waals surface area contributed by atoms with Crippen molar-refractivity contribution in [3.63, 3.8) is 0 Å². The Balaban J connectivity index is 1.52. The summed E-state index contributed by atoms with van der Waals surface area (Å²) in [6.45, 7) is 0.914. The number of piperidine rings is 1. The molecule has 0 bridgehead atoms. The minimum absolute atomic E-state index is 0.0199. The average molecular weight is 410 g/mol. The van der Waals surface area contributed by atoms with Crippen molar-refractivity contribution in [2.24, 2.45) is 5.92 Å². The lowest BCUT2D eigenvalue weighted by Crippen LogP contribution is -2.40. The zero-order chi connectivity index (χ0) is 19.4. The van der Waals surface area contributed by atoms with Gasteiger partial charge in [-0.15, -0.1) is 0 Å². The molecular formula is C20H18Cl2FNO3. The van der Waals surface area contributed by atoms with Crippen LogP contribution in [-0.2, 0) is 16.1 Å². The maximum absolute atomic E-state index is 13.0. The first kappa shape index (κ1) is 19.6. The summed E-state index contributed by atoms with van der Waals surface area (Å²) in [5.41, 5.74) is 1.02. The van der Waals surface area contributed by atoms with Gasteiger partial charge < -0.3 is 9.64 Å². The molecule has 0 unspecified atom stereocenters. The van der Waals surface area contributed by atoms with E-state index in [1.54, 1.807) is 23.1 Å². The molecule has 0 radical (unpaired) electrons. The topological polar surface area (TPSA) is 46.6 Å². The molecule has 0 spiro atoms. The molecule has 0 N–H and O–H groups in total.